The fraction of sp³-hybridized carbons (Fsp3) is 0.349. The van der Waals surface area contributed by atoms with Gasteiger partial charge in [0.05, 0.1) is 50.2 Å². The van der Waals surface area contributed by atoms with E-state index in [9.17, 15) is 34.2 Å². The third-order valence-electron chi connectivity index (χ3n) is 19.2. The van der Waals surface area contributed by atoms with Crippen molar-refractivity contribution in [1.82, 2.24) is 0 Å². The van der Waals surface area contributed by atoms with E-state index in [0.29, 0.717) is 40.2 Å². The standard InChI is InChI=1S/C83H78F4N4O5S4/c1-8-14-18-20-24-51-26-30-54(31-27-51)83(55-32-28-52(29-33-55)25-21-19-15-9-2)64-42-73(80-70(94-47-49(12-5)22-16-10-3)36-56(97-80)34-62-75(53(44-88)45-89)58-38-65(84)67(86)40-60(58)77(62)92)99-79(64)82-72(96-83)43-74(100-82)81-71(95-48-50(13-6)23-17-11-4)37-57(98-81)35-63-76(69(46-90)91-7)59-39-66(85)68(87)41-61(59)78(63)93/h26-43,49-50H,8-25,47-48H2,1-6H3/b62-34-,63-35-,76-69?. The highest BCUT2D eigenvalue weighted by Gasteiger charge is 2.48. The van der Waals surface area contributed by atoms with Gasteiger partial charge in [-0.2, -0.15) is 10.5 Å². The summed E-state index contributed by atoms with van der Waals surface area (Å²) in [7, 11) is 0. The number of ketones is 2. The fourth-order valence-corrected chi connectivity index (χ4v) is 18.3. The molecule has 0 amide bonds. The Morgan fingerprint density at radius 3 is 1.41 bits per heavy atom. The Kier molecular flexibility index (Phi) is 23.6. The molecule has 17 heteroatoms. The minimum absolute atomic E-state index is 0.0354. The minimum Gasteiger partial charge on any atom is -0.492 e. The van der Waals surface area contributed by atoms with Crippen LogP contribution >= 0.6 is 45.3 Å². The Bertz CT molecular complexity index is 4640. The number of hydrogen-bond donors (Lipinski definition) is 0. The minimum atomic E-state index is -1.27. The van der Waals surface area contributed by atoms with Gasteiger partial charge < -0.3 is 14.2 Å². The molecule has 11 rings (SSSR count). The first-order chi connectivity index (χ1) is 48.6. The Labute approximate surface area is 599 Å². The number of thiophene rings is 4. The summed E-state index contributed by atoms with van der Waals surface area (Å²) in [6, 6.07) is 34.5. The smallest absolute Gasteiger partial charge is 0.270 e. The number of ether oxygens (including phenoxy) is 3. The van der Waals surface area contributed by atoms with Crippen LogP contribution in [0.3, 0.4) is 0 Å². The number of halogens is 4. The molecular weight excluding hydrogens is 1340 g/mol. The van der Waals surface area contributed by atoms with Gasteiger partial charge in [-0.25, -0.2) is 27.7 Å². The molecule has 4 aromatic heterocycles. The van der Waals surface area contributed by atoms with E-state index in [-0.39, 0.29) is 56.4 Å². The number of allylic oxidation sites excluding steroid dienone is 6. The zero-order valence-corrected chi connectivity index (χ0v) is 60.4. The topological polar surface area (TPSA) is 138 Å². The third-order valence-corrected chi connectivity index (χ3v) is 24.1. The van der Waals surface area contributed by atoms with E-state index in [0.717, 1.165) is 186 Å². The lowest BCUT2D eigenvalue weighted by molar-refractivity contribution is 0.103. The average molecular weight is 1420 g/mol. The predicted molar refractivity (Wildman–Crippen MR) is 396 cm³/mol. The number of nitrogens with zero attached hydrogens (tertiary/aromatic N) is 4. The van der Waals surface area contributed by atoms with Gasteiger partial charge in [-0.05, 0) is 127 Å². The number of hydrogen-bond acceptors (Lipinski definition) is 12. The molecule has 3 aliphatic rings. The van der Waals surface area contributed by atoms with Crippen LogP contribution in [0.1, 0.15) is 214 Å². The molecule has 2 unspecified atom stereocenters. The summed E-state index contributed by atoms with van der Waals surface area (Å²) in [4.78, 5) is 38.2. The molecule has 0 fully saturated rings. The summed E-state index contributed by atoms with van der Waals surface area (Å²) in [6.07, 6.45) is 21.6. The Balaban J connectivity index is 1.14. The SMILES string of the molecule is [C-]#[N+]C(C#N)=C1/C(=C/c2cc(OCC(CC)CCCC)c(-c3cc4c(s3)-c3sc(-c5sc(/C=C6\C(=O)c7cc(F)c(F)cc7C6=C(C#N)C#N)cc5OCC(CC)CCCC)cc3C(c3ccc(CCCCCC)cc3)(c3ccc(CCCCCC)cc3)O4)s2)C(=O)c2cc(F)c(F)cc21. The van der Waals surface area contributed by atoms with Gasteiger partial charge in [-0.15, -0.1) is 45.3 Å². The number of carbonyl (C=O) groups excluding carboxylic acids is 2. The average Bonchev–Trinajstić information content (AvgIpc) is 1.47. The van der Waals surface area contributed by atoms with Crippen LogP contribution in [0.25, 0.3) is 57.4 Å². The molecule has 9 nitrogen and oxygen atoms in total. The molecule has 2 atom stereocenters. The number of Topliss-reactive ketones (excluding diaryl/α,β-unsaturated/α-hetero) is 2. The van der Waals surface area contributed by atoms with Gasteiger partial charge in [0.15, 0.2) is 40.4 Å². The molecule has 1 aliphatic heterocycles. The molecule has 8 aromatic rings. The summed E-state index contributed by atoms with van der Waals surface area (Å²) < 4.78 is 81.8. The largest absolute Gasteiger partial charge is 0.492 e. The molecule has 512 valence electrons. The Hall–Kier alpha value is -8.94. The molecule has 0 saturated heterocycles. The number of benzene rings is 4. The second kappa shape index (κ2) is 32.6. The number of carbonyl (C=O) groups is 2. The van der Waals surface area contributed by atoms with Gasteiger partial charge in [-0.1, -0.05) is 167 Å². The van der Waals surface area contributed by atoms with Gasteiger partial charge in [0.1, 0.15) is 35.0 Å². The van der Waals surface area contributed by atoms with Gasteiger partial charge in [0, 0.05) is 70.8 Å². The van der Waals surface area contributed by atoms with Crippen LogP contribution in [0, 0.1) is 75.7 Å². The van der Waals surface area contributed by atoms with Crippen LogP contribution in [0.4, 0.5) is 17.6 Å². The summed E-state index contributed by atoms with van der Waals surface area (Å²) in [5.74, 6) is -4.11. The first-order valence-corrected chi connectivity index (χ1v) is 38.1. The van der Waals surface area contributed by atoms with E-state index in [1.807, 2.05) is 36.4 Å². The zero-order chi connectivity index (χ0) is 70.8. The fourth-order valence-electron chi connectivity index (χ4n) is 13.5. The van der Waals surface area contributed by atoms with Gasteiger partial charge in [0.2, 0.25) is 0 Å². The second-order valence-electron chi connectivity index (χ2n) is 25.9. The zero-order valence-electron chi connectivity index (χ0n) is 57.2. The highest BCUT2D eigenvalue weighted by Crippen LogP contribution is 2.62. The molecular formula is C83H78F4N4O5S4. The van der Waals surface area contributed by atoms with Crippen molar-refractivity contribution in [3.63, 3.8) is 0 Å². The van der Waals surface area contributed by atoms with Crippen molar-refractivity contribution in [2.75, 3.05) is 13.2 Å². The van der Waals surface area contributed by atoms with Gasteiger partial charge in [0.25, 0.3) is 5.70 Å². The van der Waals surface area contributed by atoms with Crippen molar-refractivity contribution in [3.8, 4) is 64.7 Å². The lowest BCUT2D eigenvalue weighted by Gasteiger charge is -2.39. The maximum absolute atomic E-state index is 15.1. The highest BCUT2D eigenvalue weighted by atomic mass is 32.1. The maximum atomic E-state index is 15.1. The second-order valence-corrected chi connectivity index (χ2v) is 30.2. The lowest BCUT2D eigenvalue weighted by atomic mass is 9.78. The van der Waals surface area contributed by atoms with Crippen LogP contribution in [0.15, 0.2) is 119 Å². The molecule has 0 radical (unpaired) electrons. The Morgan fingerprint density at radius 1 is 0.530 bits per heavy atom. The summed E-state index contributed by atoms with van der Waals surface area (Å²) in [5.41, 5.74) is 2.30. The number of rotatable bonds is 30. The van der Waals surface area contributed by atoms with Gasteiger partial charge >= 0.3 is 0 Å². The molecule has 4 aromatic carbocycles. The van der Waals surface area contributed by atoms with Crippen molar-refractivity contribution in [3.05, 3.63) is 214 Å². The lowest BCUT2D eigenvalue weighted by Crippen LogP contribution is -2.37. The highest BCUT2D eigenvalue weighted by molar-refractivity contribution is 7.29. The van der Waals surface area contributed by atoms with Crippen molar-refractivity contribution < 1.29 is 41.4 Å². The maximum Gasteiger partial charge on any atom is 0.270 e. The van der Waals surface area contributed by atoms with Crippen molar-refractivity contribution in [1.29, 1.82) is 15.8 Å². The molecule has 0 saturated carbocycles. The summed E-state index contributed by atoms with van der Waals surface area (Å²) in [6.45, 7) is 21.7. The molecule has 0 N–H and O–H groups in total. The molecule has 2 aliphatic carbocycles. The summed E-state index contributed by atoms with van der Waals surface area (Å²) >= 11 is 5.78. The van der Waals surface area contributed by atoms with E-state index in [1.54, 1.807) is 23.5 Å². The quantitative estimate of drug-likeness (QED) is 0.0143. The predicted octanol–water partition coefficient (Wildman–Crippen LogP) is 24.1. The van der Waals surface area contributed by atoms with Crippen molar-refractivity contribution >= 4 is 80.2 Å². The van der Waals surface area contributed by atoms with E-state index in [4.69, 9.17) is 20.8 Å². The normalized spacial score (nSPS) is 15.3. The number of fused-ring (bicyclic) bond motifs is 5. The molecule has 0 bridgehead atoms. The third kappa shape index (κ3) is 14.8. The van der Waals surface area contributed by atoms with E-state index in [1.165, 1.54) is 45.1 Å². The first-order valence-electron chi connectivity index (χ1n) is 34.9. The van der Waals surface area contributed by atoms with Crippen LogP contribution in [0.2, 0.25) is 0 Å². The van der Waals surface area contributed by atoms with Crippen molar-refractivity contribution in [2.24, 2.45) is 11.8 Å². The Morgan fingerprint density at radius 2 is 0.970 bits per heavy atom. The molecule has 100 heavy (non-hydrogen) atoms. The number of unbranched alkanes of at least 4 members (excludes halogenated alkanes) is 8. The summed E-state index contributed by atoms with van der Waals surface area (Å²) in [5, 5.41) is 30.8. The van der Waals surface area contributed by atoms with E-state index in [2.05, 4.69) is 101 Å². The monoisotopic (exact) mass is 1410 g/mol. The van der Waals surface area contributed by atoms with Crippen LogP contribution in [-0.2, 0) is 18.4 Å². The van der Waals surface area contributed by atoms with Crippen molar-refractivity contribution in [2.45, 2.75) is 163 Å². The van der Waals surface area contributed by atoms with Crippen LogP contribution in [-0.4, -0.2) is 24.8 Å². The molecule has 5 heterocycles. The van der Waals surface area contributed by atoms with Gasteiger partial charge in [-0.3, -0.25) is 9.59 Å². The number of aryl methyl sites for hydroxylation is 2. The van der Waals surface area contributed by atoms with E-state index < -0.39 is 51.7 Å². The number of nitriles is 3. The van der Waals surface area contributed by atoms with E-state index >= 15 is 8.78 Å². The van der Waals surface area contributed by atoms with Crippen LogP contribution in [0.5, 0.6) is 17.2 Å². The molecule has 0 spiro atoms. The van der Waals surface area contributed by atoms with Crippen LogP contribution < -0.4 is 14.2 Å². The first kappa shape index (κ1) is 72.3.